The Hall–Kier alpha value is -1.10. The minimum atomic E-state index is -2.06. The van der Waals surface area contributed by atoms with Gasteiger partial charge in [0.05, 0.1) is 13.2 Å². The van der Waals surface area contributed by atoms with Crippen LogP contribution in [0, 0.1) is 0 Å². The van der Waals surface area contributed by atoms with E-state index in [1.54, 1.807) is 18.2 Å². The van der Waals surface area contributed by atoms with Crippen molar-refractivity contribution in [1.82, 2.24) is 0 Å². The molecule has 23 heavy (non-hydrogen) atoms. The lowest BCUT2D eigenvalue weighted by molar-refractivity contribution is -0.144. The molecule has 2 atom stereocenters. The molecule has 0 bridgehead atoms. The fourth-order valence-electron chi connectivity index (χ4n) is 2.03. The first-order valence-corrected chi connectivity index (χ1v) is 11.0. The average Bonchev–Trinajstić information content (AvgIpc) is 2.46. The van der Waals surface area contributed by atoms with Crippen molar-refractivity contribution in [1.29, 1.82) is 0 Å². The Labute approximate surface area is 145 Å². The molecule has 0 saturated carbocycles. The zero-order chi connectivity index (χ0) is 17.8. The molecule has 0 heterocycles. The second kappa shape index (κ2) is 7.64. The molecule has 1 aromatic rings. The Balaban J connectivity index is 3.20. The summed E-state index contributed by atoms with van der Waals surface area (Å²) in [4.78, 5) is 12.4. The van der Waals surface area contributed by atoms with Crippen molar-refractivity contribution >= 4 is 25.9 Å². The molecule has 0 fully saturated rings. The summed E-state index contributed by atoms with van der Waals surface area (Å²) in [5, 5.41) is 0.660. The van der Waals surface area contributed by atoms with Crippen molar-refractivity contribution in [3.05, 3.63) is 47.5 Å². The van der Waals surface area contributed by atoms with Crippen LogP contribution in [0.2, 0.25) is 23.2 Å². The Bertz CT molecular complexity index is 546. The highest BCUT2D eigenvalue weighted by Crippen LogP contribution is 2.39. The van der Waals surface area contributed by atoms with E-state index in [0.29, 0.717) is 5.02 Å². The van der Waals surface area contributed by atoms with Crippen LogP contribution in [0.3, 0.4) is 0 Å². The number of esters is 1. The molecular weight excluding hydrogens is 328 g/mol. The second-order valence-corrected chi connectivity index (χ2v) is 12.3. The molecule has 0 aliphatic carbocycles. The van der Waals surface area contributed by atoms with Gasteiger partial charge in [0.1, 0.15) is 5.92 Å². The Morgan fingerprint density at radius 2 is 1.78 bits per heavy atom. The maximum atomic E-state index is 12.4. The highest BCUT2D eigenvalue weighted by Gasteiger charge is 2.42. The maximum Gasteiger partial charge on any atom is 0.316 e. The van der Waals surface area contributed by atoms with Gasteiger partial charge >= 0.3 is 5.97 Å². The number of halogens is 1. The van der Waals surface area contributed by atoms with Gasteiger partial charge in [-0.1, -0.05) is 50.6 Å². The van der Waals surface area contributed by atoms with E-state index in [1.807, 2.05) is 12.1 Å². The smallest absolute Gasteiger partial charge is 0.316 e. The highest BCUT2D eigenvalue weighted by atomic mass is 35.5. The van der Waals surface area contributed by atoms with Crippen LogP contribution in [-0.2, 0) is 14.0 Å². The lowest BCUT2D eigenvalue weighted by Gasteiger charge is -2.40. The van der Waals surface area contributed by atoms with Crippen LogP contribution in [-0.4, -0.2) is 27.5 Å². The molecule has 0 spiro atoms. The van der Waals surface area contributed by atoms with Crippen LogP contribution in [0.4, 0.5) is 0 Å². The van der Waals surface area contributed by atoms with Crippen molar-refractivity contribution in [2.45, 2.75) is 50.9 Å². The van der Waals surface area contributed by atoms with E-state index in [0.717, 1.165) is 5.56 Å². The predicted molar refractivity (Wildman–Crippen MR) is 98.5 cm³/mol. The summed E-state index contributed by atoms with van der Waals surface area (Å²) >= 11 is 5.95. The van der Waals surface area contributed by atoms with Crippen LogP contribution in [0.15, 0.2) is 36.9 Å². The molecule has 3 nitrogen and oxygen atoms in total. The lowest BCUT2D eigenvalue weighted by atomic mass is 9.93. The highest BCUT2D eigenvalue weighted by molar-refractivity contribution is 6.74. The topological polar surface area (TPSA) is 35.5 Å². The van der Waals surface area contributed by atoms with Gasteiger partial charge in [0, 0.05) is 5.02 Å². The summed E-state index contributed by atoms with van der Waals surface area (Å²) in [6.07, 6.45) is 1.25. The van der Waals surface area contributed by atoms with Gasteiger partial charge in [-0.2, -0.15) is 0 Å². The van der Waals surface area contributed by atoms with Gasteiger partial charge in [-0.15, -0.1) is 6.58 Å². The summed E-state index contributed by atoms with van der Waals surface area (Å²) < 4.78 is 11.4. The van der Waals surface area contributed by atoms with Gasteiger partial charge < -0.3 is 9.16 Å². The summed E-state index contributed by atoms with van der Waals surface area (Å²) in [7, 11) is -0.673. The fraction of sp³-hybridized carbons (Fsp3) is 0.500. The molecule has 1 rings (SSSR count). The quantitative estimate of drug-likeness (QED) is 0.401. The molecule has 128 valence electrons. The normalized spacial score (nSPS) is 14.9. The van der Waals surface area contributed by atoms with Gasteiger partial charge in [-0.25, -0.2) is 0 Å². The van der Waals surface area contributed by atoms with Gasteiger partial charge in [0.15, 0.2) is 8.32 Å². The van der Waals surface area contributed by atoms with E-state index >= 15 is 0 Å². The van der Waals surface area contributed by atoms with Crippen LogP contribution >= 0.6 is 11.6 Å². The first-order chi connectivity index (χ1) is 10.5. The number of rotatable bonds is 6. The largest absolute Gasteiger partial charge is 0.468 e. The SMILES string of the molecule is C=C[C@@H](O[Si](C)(C)C(C)(C)C)[C@@H](C(=O)OC)c1ccc(Cl)cc1. The van der Waals surface area contributed by atoms with Crippen molar-refractivity contribution < 1.29 is 14.0 Å². The Morgan fingerprint density at radius 3 is 2.17 bits per heavy atom. The number of methoxy groups -OCH3 is 1. The predicted octanol–water partition coefficient (Wildman–Crippen LogP) is 5.17. The van der Waals surface area contributed by atoms with Crippen LogP contribution < -0.4 is 0 Å². The number of carbonyl (C=O) groups excluding carboxylic acids is 1. The van der Waals surface area contributed by atoms with E-state index < -0.39 is 20.3 Å². The summed E-state index contributed by atoms with van der Waals surface area (Å²) in [6.45, 7) is 14.7. The van der Waals surface area contributed by atoms with E-state index in [4.69, 9.17) is 20.8 Å². The number of hydrogen-bond donors (Lipinski definition) is 0. The zero-order valence-corrected chi connectivity index (χ0v) is 16.6. The summed E-state index contributed by atoms with van der Waals surface area (Å²) in [5.41, 5.74) is 0.810. The third-order valence-electron chi connectivity index (χ3n) is 4.48. The van der Waals surface area contributed by atoms with Crippen LogP contribution in [0.25, 0.3) is 0 Å². The molecule has 5 heteroatoms. The lowest BCUT2D eigenvalue weighted by Crippen LogP contribution is -2.46. The molecule has 0 aliphatic heterocycles. The first-order valence-electron chi connectivity index (χ1n) is 7.67. The van der Waals surface area contributed by atoms with Crippen molar-refractivity contribution in [2.75, 3.05) is 7.11 Å². The van der Waals surface area contributed by atoms with E-state index in [-0.39, 0.29) is 11.0 Å². The van der Waals surface area contributed by atoms with Gasteiger partial charge in [0.25, 0.3) is 0 Å². The zero-order valence-electron chi connectivity index (χ0n) is 14.9. The summed E-state index contributed by atoms with van der Waals surface area (Å²) in [5.74, 6) is -0.889. The molecule has 0 unspecified atom stereocenters. The maximum absolute atomic E-state index is 12.4. The molecule has 0 aromatic heterocycles. The number of hydrogen-bond acceptors (Lipinski definition) is 3. The standard InChI is InChI=1S/C18H27ClO3Si/c1-8-15(22-23(6,7)18(2,3)4)16(17(20)21-5)13-9-11-14(19)12-10-13/h8-12,15-16H,1H2,2-7H3/t15-,16+/m1/s1. The molecule has 0 amide bonds. The number of ether oxygens (including phenoxy) is 1. The average molecular weight is 355 g/mol. The third kappa shape index (κ3) is 4.93. The second-order valence-electron chi connectivity index (χ2n) is 7.13. The molecule has 0 N–H and O–H groups in total. The van der Waals surface area contributed by atoms with E-state index in [1.165, 1.54) is 7.11 Å². The Kier molecular flexibility index (Phi) is 6.63. The van der Waals surface area contributed by atoms with E-state index in [9.17, 15) is 4.79 Å². The van der Waals surface area contributed by atoms with Crippen LogP contribution in [0.5, 0.6) is 0 Å². The van der Waals surface area contributed by atoms with Crippen LogP contribution in [0.1, 0.15) is 32.3 Å². The van der Waals surface area contributed by atoms with Crippen molar-refractivity contribution in [3.8, 4) is 0 Å². The van der Waals surface area contributed by atoms with Gasteiger partial charge in [-0.3, -0.25) is 4.79 Å². The van der Waals surface area contributed by atoms with Gasteiger partial charge in [-0.05, 0) is 35.8 Å². The summed E-state index contributed by atoms with van der Waals surface area (Å²) in [6, 6.07) is 7.18. The number of benzene rings is 1. The molecule has 0 saturated heterocycles. The van der Waals surface area contributed by atoms with E-state index in [2.05, 4.69) is 40.4 Å². The molecule has 0 aliphatic rings. The minimum absolute atomic E-state index is 0.0366. The van der Waals surface area contributed by atoms with Gasteiger partial charge in [0.2, 0.25) is 0 Å². The Morgan fingerprint density at radius 1 is 1.26 bits per heavy atom. The third-order valence-corrected chi connectivity index (χ3v) is 9.21. The van der Waals surface area contributed by atoms with Crippen molar-refractivity contribution in [3.63, 3.8) is 0 Å². The molecular formula is C18H27ClO3Si. The molecule has 1 aromatic carbocycles. The monoisotopic (exact) mass is 354 g/mol. The number of carbonyl (C=O) groups is 1. The fourth-order valence-corrected chi connectivity index (χ4v) is 3.42. The first kappa shape index (κ1) is 19.9. The van der Waals surface area contributed by atoms with Crippen molar-refractivity contribution in [2.24, 2.45) is 0 Å². The molecule has 0 radical (unpaired) electrons. The minimum Gasteiger partial charge on any atom is -0.468 e.